The molecule has 0 saturated carbocycles. The fourth-order valence-corrected chi connectivity index (χ4v) is 4.48. The third-order valence-electron chi connectivity index (χ3n) is 4.92. The van der Waals surface area contributed by atoms with E-state index in [0.29, 0.717) is 17.3 Å². The highest BCUT2D eigenvalue weighted by molar-refractivity contribution is 8.00. The van der Waals surface area contributed by atoms with Crippen molar-refractivity contribution < 1.29 is 9.53 Å². The van der Waals surface area contributed by atoms with Gasteiger partial charge in [0.05, 0.1) is 17.9 Å². The van der Waals surface area contributed by atoms with Gasteiger partial charge in [-0.2, -0.15) is 0 Å². The van der Waals surface area contributed by atoms with Crippen LogP contribution in [0.1, 0.15) is 35.8 Å². The molecule has 3 aromatic rings. The number of para-hydroxylation sites is 1. The molecule has 1 saturated heterocycles. The Morgan fingerprint density at radius 3 is 3.04 bits per heavy atom. The number of carbonyl (C=O) groups is 1. The van der Waals surface area contributed by atoms with Crippen molar-refractivity contribution in [1.82, 2.24) is 19.7 Å². The van der Waals surface area contributed by atoms with Crippen LogP contribution in [0.3, 0.4) is 0 Å². The number of hydrogen-bond donors (Lipinski definition) is 2. The van der Waals surface area contributed by atoms with E-state index in [1.807, 2.05) is 38.1 Å². The van der Waals surface area contributed by atoms with Crippen molar-refractivity contribution in [3.63, 3.8) is 0 Å². The minimum absolute atomic E-state index is 0.0223. The zero-order valence-corrected chi connectivity index (χ0v) is 16.1. The van der Waals surface area contributed by atoms with Crippen molar-refractivity contribution in [3.05, 3.63) is 46.0 Å². The third kappa shape index (κ3) is 3.46. The number of Topliss-reactive ketones (excluding diaryl/α,β-unsaturated/α-hetero) is 1. The Bertz CT molecular complexity index is 1030. The van der Waals surface area contributed by atoms with E-state index in [0.717, 1.165) is 36.0 Å². The molecule has 2 unspecified atom stereocenters. The van der Waals surface area contributed by atoms with Gasteiger partial charge in [0.25, 0.3) is 0 Å². The number of aryl methyl sites for hydroxylation is 1. The first-order valence-corrected chi connectivity index (χ1v) is 9.97. The lowest BCUT2D eigenvalue weighted by Gasteiger charge is -2.13. The molecule has 1 fully saturated rings. The number of aromatic nitrogens is 4. The first-order chi connectivity index (χ1) is 13.0. The van der Waals surface area contributed by atoms with Gasteiger partial charge in [-0.3, -0.25) is 9.36 Å². The molecule has 1 aromatic carbocycles. The van der Waals surface area contributed by atoms with Crippen LogP contribution < -0.4 is 5.69 Å². The van der Waals surface area contributed by atoms with E-state index in [1.165, 1.54) is 11.8 Å². The number of fused-ring (bicyclic) bond motifs is 1. The third-order valence-corrected chi connectivity index (χ3v) is 6.01. The van der Waals surface area contributed by atoms with Crippen LogP contribution in [0.5, 0.6) is 0 Å². The van der Waals surface area contributed by atoms with Crippen LogP contribution in [-0.4, -0.2) is 43.5 Å². The van der Waals surface area contributed by atoms with Gasteiger partial charge in [0.2, 0.25) is 0 Å². The van der Waals surface area contributed by atoms with Gasteiger partial charge in [-0.1, -0.05) is 30.0 Å². The average molecular weight is 386 g/mol. The fraction of sp³-hybridized carbons (Fsp3) is 0.421. The Morgan fingerprint density at radius 1 is 1.44 bits per heavy atom. The van der Waals surface area contributed by atoms with Crippen LogP contribution in [0.25, 0.3) is 10.9 Å². The monoisotopic (exact) mass is 386 g/mol. The number of ether oxygens (including phenoxy) is 1. The maximum Gasteiger partial charge on any atom is 0.344 e. The van der Waals surface area contributed by atoms with Gasteiger partial charge in [-0.25, -0.2) is 9.89 Å². The van der Waals surface area contributed by atoms with Crippen molar-refractivity contribution in [2.45, 2.75) is 49.7 Å². The van der Waals surface area contributed by atoms with Crippen LogP contribution in [0.2, 0.25) is 0 Å². The van der Waals surface area contributed by atoms with E-state index >= 15 is 0 Å². The highest BCUT2D eigenvalue weighted by atomic mass is 32.2. The predicted molar refractivity (Wildman–Crippen MR) is 105 cm³/mol. The van der Waals surface area contributed by atoms with Crippen molar-refractivity contribution in [2.75, 3.05) is 6.61 Å². The summed E-state index contributed by atoms with van der Waals surface area (Å²) < 4.78 is 7.21. The molecule has 142 valence electrons. The SMILES string of the molecule is Cc1[nH]c2ccccc2c1C(=O)C(C)Sc1n[nH]c(=O)n1CC1CCCO1. The number of thioether (sulfide) groups is 1. The normalized spacial score (nSPS) is 18.2. The number of nitrogens with one attached hydrogen (secondary N) is 2. The number of ketones is 1. The molecule has 0 bridgehead atoms. The van der Waals surface area contributed by atoms with E-state index < -0.39 is 0 Å². The van der Waals surface area contributed by atoms with Gasteiger partial charge in [-0.05, 0) is 32.8 Å². The minimum atomic E-state index is -0.374. The quantitative estimate of drug-likeness (QED) is 0.502. The summed E-state index contributed by atoms with van der Waals surface area (Å²) in [5.41, 5.74) is 2.24. The lowest BCUT2D eigenvalue weighted by Crippen LogP contribution is -2.25. The van der Waals surface area contributed by atoms with E-state index in [4.69, 9.17) is 4.74 Å². The molecular formula is C19H22N4O3S. The Labute approximate surface area is 160 Å². The lowest BCUT2D eigenvalue weighted by molar-refractivity contribution is 0.0941. The van der Waals surface area contributed by atoms with E-state index in [2.05, 4.69) is 15.2 Å². The van der Waals surface area contributed by atoms with Crippen LogP contribution in [-0.2, 0) is 11.3 Å². The molecule has 1 aliphatic rings. The minimum Gasteiger partial charge on any atom is -0.376 e. The Hall–Kier alpha value is -2.32. The van der Waals surface area contributed by atoms with Crippen LogP contribution in [0.15, 0.2) is 34.2 Å². The highest BCUT2D eigenvalue weighted by Crippen LogP contribution is 2.29. The number of carbonyl (C=O) groups excluding carboxylic acids is 1. The Morgan fingerprint density at radius 2 is 2.26 bits per heavy atom. The highest BCUT2D eigenvalue weighted by Gasteiger charge is 2.26. The largest absolute Gasteiger partial charge is 0.376 e. The van der Waals surface area contributed by atoms with Crippen LogP contribution >= 0.6 is 11.8 Å². The van der Waals surface area contributed by atoms with Crippen LogP contribution in [0.4, 0.5) is 0 Å². The summed E-state index contributed by atoms with van der Waals surface area (Å²) >= 11 is 1.30. The van der Waals surface area contributed by atoms with Gasteiger partial charge < -0.3 is 9.72 Å². The molecule has 0 spiro atoms. The van der Waals surface area contributed by atoms with E-state index in [-0.39, 0.29) is 22.8 Å². The first-order valence-electron chi connectivity index (χ1n) is 9.09. The van der Waals surface area contributed by atoms with Gasteiger partial charge in [0.1, 0.15) is 0 Å². The zero-order valence-electron chi connectivity index (χ0n) is 15.3. The number of rotatable bonds is 6. The Kier molecular flexibility index (Phi) is 4.92. The second-order valence-electron chi connectivity index (χ2n) is 6.85. The molecule has 0 amide bonds. The molecule has 0 radical (unpaired) electrons. The average Bonchev–Trinajstić information content (AvgIpc) is 3.36. The second kappa shape index (κ2) is 7.36. The maximum atomic E-state index is 13.1. The molecule has 7 nitrogen and oxygen atoms in total. The summed E-state index contributed by atoms with van der Waals surface area (Å²) in [6.45, 7) is 4.95. The topological polar surface area (TPSA) is 92.8 Å². The zero-order chi connectivity index (χ0) is 19.0. The number of hydrogen-bond acceptors (Lipinski definition) is 5. The molecule has 3 heterocycles. The molecule has 1 aliphatic heterocycles. The molecule has 27 heavy (non-hydrogen) atoms. The molecule has 2 atom stereocenters. The second-order valence-corrected chi connectivity index (χ2v) is 8.16. The number of nitrogens with zero attached hydrogens (tertiary/aromatic N) is 2. The van der Waals surface area contributed by atoms with Gasteiger partial charge in [0.15, 0.2) is 10.9 Å². The standard InChI is InChI=1S/C19H22N4O3S/c1-11-16(14-7-3-4-8-15(14)20-11)17(24)12(2)27-19-22-21-18(25)23(19)10-13-6-5-9-26-13/h3-4,7-8,12-13,20H,5-6,9-10H2,1-2H3,(H,21,25). The van der Waals surface area contributed by atoms with Crippen molar-refractivity contribution in [3.8, 4) is 0 Å². The number of aromatic amines is 2. The van der Waals surface area contributed by atoms with Gasteiger partial charge >= 0.3 is 5.69 Å². The number of H-pyrrole nitrogens is 2. The summed E-state index contributed by atoms with van der Waals surface area (Å²) in [6, 6.07) is 7.78. The first kappa shape index (κ1) is 18.1. The molecular weight excluding hydrogens is 364 g/mol. The summed E-state index contributed by atoms with van der Waals surface area (Å²) in [4.78, 5) is 28.5. The summed E-state index contributed by atoms with van der Waals surface area (Å²) in [7, 11) is 0. The number of benzene rings is 1. The van der Waals surface area contributed by atoms with E-state index in [9.17, 15) is 9.59 Å². The van der Waals surface area contributed by atoms with Crippen molar-refractivity contribution >= 4 is 28.4 Å². The fourth-order valence-electron chi connectivity index (χ4n) is 3.56. The summed E-state index contributed by atoms with van der Waals surface area (Å²) in [6.07, 6.45) is 1.97. The van der Waals surface area contributed by atoms with Crippen molar-refractivity contribution in [2.24, 2.45) is 0 Å². The molecule has 0 aliphatic carbocycles. The van der Waals surface area contributed by atoms with Crippen molar-refractivity contribution in [1.29, 1.82) is 0 Å². The Balaban J connectivity index is 1.57. The van der Waals surface area contributed by atoms with Gasteiger partial charge in [-0.15, -0.1) is 5.10 Å². The summed E-state index contributed by atoms with van der Waals surface area (Å²) in [5, 5.41) is 7.68. The molecule has 2 aromatic heterocycles. The van der Waals surface area contributed by atoms with Gasteiger partial charge in [0, 0.05) is 28.8 Å². The maximum absolute atomic E-state index is 13.1. The summed E-state index contributed by atoms with van der Waals surface area (Å²) in [5.74, 6) is 0.0223. The predicted octanol–water partition coefficient (Wildman–Crippen LogP) is 2.90. The molecule has 4 rings (SSSR count). The van der Waals surface area contributed by atoms with Crippen LogP contribution in [0, 0.1) is 6.92 Å². The molecule has 2 N–H and O–H groups in total. The molecule has 8 heteroatoms. The lowest BCUT2D eigenvalue weighted by atomic mass is 10.1. The smallest absolute Gasteiger partial charge is 0.344 e. The van der Waals surface area contributed by atoms with E-state index in [1.54, 1.807) is 4.57 Å².